The summed E-state index contributed by atoms with van der Waals surface area (Å²) in [7, 11) is 0. The molecule has 2 aliphatic heterocycles. The number of anilines is 1. The van der Waals surface area contributed by atoms with E-state index in [2.05, 4.69) is 9.88 Å². The Morgan fingerprint density at radius 1 is 1.00 bits per heavy atom. The summed E-state index contributed by atoms with van der Waals surface area (Å²) < 4.78 is 47.3. The average Bonchev–Trinajstić information content (AvgIpc) is 3.07. The summed E-state index contributed by atoms with van der Waals surface area (Å²) in [4.78, 5) is 57.7. The second kappa shape index (κ2) is 8.03. The Balaban J connectivity index is 1.21. The third-order valence-electron chi connectivity index (χ3n) is 8.10. The van der Waals surface area contributed by atoms with Crippen LogP contribution in [0.3, 0.4) is 0 Å². The largest absolute Gasteiger partial charge is 0.420 e. The first-order valence-corrected chi connectivity index (χ1v) is 12.0. The molecule has 4 fully saturated rings. The van der Waals surface area contributed by atoms with Crippen LogP contribution in [0.2, 0.25) is 0 Å². The first-order valence-electron chi connectivity index (χ1n) is 12.0. The van der Waals surface area contributed by atoms with Gasteiger partial charge in [-0.2, -0.15) is 13.2 Å². The number of fused-ring (bicyclic) bond motifs is 1. The molecule has 1 saturated heterocycles. The number of halogens is 3. The van der Waals surface area contributed by atoms with Gasteiger partial charge in [0, 0.05) is 35.8 Å². The van der Waals surface area contributed by atoms with Crippen LogP contribution in [0.25, 0.3) is 0 Å². The van der Waals surface area contributed by atoms with Crippen LogP contribution in [0.4, 0.5) is 19.0 Å². The fourth-order valence-electron chi connectivity index (χ4n) is 6.22. The third-order valence-corrected chi connectivity index (χ3v) is 8.10. The first-order chi connectivity index (χ1) is 17.5. The maximum atomic E-state index is 14.0. The average molecular weight is 513 g/mol. The number of ether oxygens (including phenoxy) is 1. The number of benzene rings is 1. The van der Waals surface area contributed by atoms with Gasteiger partial charge in [-0.3, -0.25) is 24.1 Å². The lowest BCUT2D eigenvalue weighted by Gasteiger charge is -2.73. The summed E-state index contributed by atoms with van der Waals surface area (Å²) in [5.74, 6) is -3.79. The zero-order chi connectivity index (χ0) is 26.2. The second-order valence-corrected chi connectivity index (χ2v) is 10.2. The van der Waals surface area contributed by atoms with E-state index < -0.39 is 52.6 Å². The van der Waals surface area contributed by atoms with Crippen molar-refractivity contribution in [1.82, 2.24) is 9.88 Å². The van der Waals surface area contributed by atoms with Crippen LogP contribution >= 0.6 is 0 Å². The highest BCUT2D eigenvalue weighted by Crippen LogP contribution is 2.70. The number of carbonyl (C=O) groups excluding carboxylic acids is 4. The Kier molecular flexibility index (Phi) is 5.19. The predicted molar refractivity (Wildman–Crippen MR) is 122 cm³/mol. The van der Waals surface area contributed by atoms with Crippen LogP contribution in [0, 0.1) is 5.41 Å². The second-order valence-electron chi connectivity index (χ2n) is 10.2. The van der Waals surface area contributed by atoms with Crippen LogP contribution in [0.1, 0.15) is 62.3 Å². The number of rotatable bonds is 6. The Morgan fingerprint density at radius 3 is 2.16 bits per heavy atom. The Bertz CT molecular complexity index is 1310. The molecule has 0 spiro atoms. The molecule has 192 valence electrons. The van der Waals surface area contributed by atoms with E-state index in [1.54, 1.807) is 0 Å². The Morgan fingerprint density at radius 2 is 1.59 bits per heavy atom. The molecule has 0 atom stereocenters. The SMILES string of the molecule is O=C(CC(=O)C12CC(N3CCOCC3)(C1)C2)c1cnc(N2C(=O)c3ccccc3C2=O)c(C(F)(F)F)c1. The molecule has 0 radical (unpaired) electrons. The van der Waals surface area contributed by atoms with Gasteiger partial charge in [-0.15, -0.1) is 0 Å². The molecular weight excluding hydrogens is 491 g/mol. The van der Waals surface area contributed by atoms with Crippen molar-refractivity contribution in [3.05, 3.63) is 58.8 Å². The van der Waals surface area contributed by atoms with Gasteiger partial charge in [0.15, 0.2) is 11.6 Å². The minimum Gasteiger partial charge on any atom is -0.379 e. The summed E-state index contributed by atoms with van der Waals surface area (Å²) in [5, 5.41) is 0. The number of imide groups is 1. The molecule has 0 unspecified atom stereocenters. The summed E-state index contributed by atoms with van der Waals surface area (Å²) >= 11 is 0. The summed E-state index contributed by atoms with van der Waals surface area (Å²) in [6.07, 6.45) is -2.69. The van der Waals surface area contributed by atoms with E-state index in [-0.39, 0.29) is 22.4 Å². The highest BCUT2D eigenvalue weighted by molar-refractivity contribution is 6.34. The fourth-order valence-corrected chi connectivity index (χ4v) is 6.22. The molecule has 2 aromatic rings. The van der Waals surface area contributed by atoms with Gasteiger partial charge in [0.2, 0.25) is 0 Å². The van der Waals surface area contributed by atoms with Crippen molar-refractivity contribution < 1.29 is 37.1 Å². The normalized spacial score (nSPS) is 26.9. The molecular formula is C26H22F3N3O5. The van der Waals surface area contributed by atoms with Gasteiger partial charge in [-0.05, 0) is 37.5 Å². The summed E-state index contributed by atoms with van der Waals surface area (Å²) in [6.45, 7) is 2.89. The highest BCUT2D eigenvalue weighted by Gasteiger charge is 2.72. The number of alkyl halides is 3. The quantitative estimate of drug-likeness (QED) is 0.332. The number of ketones is 2. The summed E-state index contributed by atoms with van der Waals surface area (Å²) in [5.41, 5.74) is -2.45. The molecule has 2 amide bonds. The van der Waals surface area contributed by atoms with Gasteiger partial charge in [0.05, 0.1) is 36.3 Å². The lowest BCUT2D eigenvalue weighted by Crippen LogP contribution is -2.77. The molecule has 11 heteroatoms. The van der Waals surface area contributed by atoms with Gasteiger partial charge in [-0.25, -0.2) is 9.88 Å². The number of aromatic nitrogens is 1. The lowest BCUT2D eigenvalue weighted by molar-refractivity contribution is -0.226. The van der Waals surface area contributed by atoms with E-state index in [0.717, 1.165) is 19.3 Å². The van der Waals surface area contributed by atoms with Gasteiger partial charge in [0.25, 0.3) is 11.8 Å². The number of hydrogen-bond donors (Lipinski definition) is 0. The first kappa shape index (κ1) is 23.9. The van der Waals surface area contributed by atoms with Crippen LogP contribution < -0.4 is 4.90 Å². The molecule has 5 aliphatic rings. The van der Waals surface area contributed by atoms with Crippen LogP contribution in [-0.2, 0) is 15.7 Å². The maximum absolute atomic E-state index is 14.0. The van der Waals surface area contributed by atoms with Crippen molar-refractivity contribution in [2.24, 2.45) is 5.41 Å². The summed E-state index contributed by atoms with van der Waals surface area (Å²) in [6, 6.07) is 6.26. The fraction of sp³-hybridized carbons (Fsp3) is 0.423. The minimum atomic E-state index is -5.00. The molecule has 3 aliphatic carbocycles. The number of pyridine rings is 1. The van der Waals surface area contributed by atoms with Gasteiger partial charge >= 0.3 is 6.18 Å². The van der Waals surface area contributed by atoms with Crippen LogP contribution in [-0.4, -0.2) is 65.1 Å². The van der Waals surface area contributed by atoms with Gasteiger partial charge in [0.1, 0.15) is 5.78 Å². The zero-order valence-corrected chi connectivity index (χ0v) is 19.6. The number of morpholine rings is 1. The monoisotopic (exact) mass is 513 g/mol. The molecule has 8 nitrogen and oxygen atoms in total. The maximum Gasteiger partial charge on any atom is 0.420 e. The zero-order valence-electron chi connectivity index (χ0n) is 19.6. The van der Waals surface area contributed by atoms with Crippen molar-refractivity contribution in [1.29, 1.82) is 0 Å². The molecule has 7 rings (SSSR count). The van der Waals surface area contributed by atoms with E-state index >= 15 is 0 Å². The standard InChI is InChI=1S/C26H22F3N3O5/c27-26(28,29)18-9-15(11-30-21(18)32-22(35)16-3-1-2-4-17(16)23(32)36)19(33)10-20(34)24-12-25(13-24,14-24)31-5-7-37-8-6-31/h1-4,9,11H,5-8,10,12-14H2. The van der Waals surface area contributed by atoms with Crippen molar-refractivity contribution in [2.45, 2.75) is 37.4 Å². The molecule has 1 aromatic heterocycles. The molecule has 37 heavy (non-hydrogen) atoms. The van der Waals surface area contributed by atoms with E-state index in [4.69, 9.17) is 4.74 Å². The highest BCUT2D eigenvalue weighted by atomic mass is 19.4. The van der Waals surface area contributed by atoms with Crippen molar-refractivity contribution in [3.8, 4) is 0 Å². The van der Waals surface area contributed by atoms with Crippen molar-refractivity contribution in [3.63, 3.8) is 0 Å². The number of carbonyl (C=O) groups is 4. The Labute approximate surface area is 209 Å². The minimum absolute atomic E-state index is 0.0263. The number of nitrogens with zero attached hydrogens (tertiary/aromatic N) is 3. The Hall–Kier alpha value is -3.44. The van der Waals surface area contributed by atoms with E-state index in [9.17, 15) is 32.3 Å². The number of hydrogen-bond acceptors (Lipinski definition) is 7. The molecule has 3 saturated carbocycles. The molecule has 2 bridgehead atoms. The molecule has 0 N–H and O–H groups in total. The molecule has 3 heterocycles. The van der Waals surface area contributed by atoms with Gasteiger partial charge in [-0.1, -0.05) is 12.1 Å². The third kappa shape index (κ3) is 3.55. The van der Waals surface area contributed by atoms with Crippen molar-refractivity contribution in [2.75, 3.05) is 31.2 Å². The lowest BCUT2D eigenvalue weighted by atomic mass is 9.37. The number of Topliss-reactive ketones (excluding diaryl/α,β-unsaturated/α-hetero) is 2. The van der Waals surface area contributed by atoms with Crippen molar-refractivity contribution >= 4 is 29.2 Å². The van der Waals surface area contributed by atoms with Crippen LogP contribution in [0.5, 0.6) is 0 Å². The van der Waals surface area contributed by atoms with E-state index in [1.807, 2.05) is 0 Å². The van der Waals surface area contributed by atoms with E-state index in [0.29, 0.717) is 43.4 Å². The van der Waals surface area contributed by atoms with Gasteiger partial charge < -0.3 is 4.74 Å². The smallest absolute Gasteiger partial charge is 0.379 e. The topological polar surface area (TPSA) is 96.9 Å². The predicted octanol–water partition coefficient (Wildman–Crippen LogP) is 3.30. The van der Waals surface area contributed by atoms with E-state index in [1.165, 1.54) is 24.3 Å². The number of amides is 2. The van der Waals surface area contributed by atoms with Crippen LogP contribution in [0.15, 0.2) is 36.5 Å². The molecule has 1 aromatic carbocycles.